The van der Waals surface area contributed by atoms with Crippen LogP contribution in [0, 0.1) is 0 Å². The van der Waals surface area contributed by atoms with Gasteiger partial charge in [-0.1, -0.05) is 36.4 Å². The van der Waals surface area contributed by atoms with Crippen molar-refractivity contribution in [1.82, 2.24) is 15.2 Å². The van der Waals surface area contributed by atoms with E-state index in [1.54, 1.807) is 0 Å². The summed E-state index contributed by atoms with van der Waals surface area (Å²) in [6.07, 6.45) is 2.44. The van der Waals surface area contributed by atoms with Crippen molar-refractivity contribution in [3.63, 3.8) is 0 Å². The molecule has 138 valence electrons. The van der Waals surface area contributed by atoms with Gasteiger partial charge >= 0.3 is 6.03 Å². The summed E-state index contributed by atoms with van der Waals surface area (Å²) in [5.41, 5.74) is 3.99. The Morgan fingerprint density at radius 1 is 1.07 bits per heavy atom. The largest absolute Gasteiger partial charge is 0.384 e. The Morgan fingerprint density at radius 2 is 1.89 bits per heavy atom. The zero-order valence-corrected chi connectivity index (χ0v) is 15.2. The van der Waals surface area contributed by atoms with E-state index in [4.69, 9.17) is 0 Å². The van der Waals surface area contributed by atoms with Gasteiger partial charge in [0.05, 0.1) is 12.2 Å². The number of H-pyrrole nitrogens is 1. The van der Waals surface area contributed by atoms with Crippen molar-refractivity contribution in [1.29, 1.82) is 0 Å². The van der Waals surface area contributed by atoms with Gasteiger partial charge in [0, 0.05) is 30.1 Å². The third-order valence-corrected chi connectivity index (χ3v) is 4.84. The number of anilines is 1. The molecule has 1 fully saturated rings. The number of nitrogens with one attached hydrogen (secondary N) is 3. The van der Waals surface area contributed by atoms with Crippen molar-refractivity contribution in [2.24, 2.45) is 0 Å². The number of hydrogen-bond acceptors (Lipinski definition) is 3. The van der Waals surface area contributed by atoms with E-state index in [1.165, 1.54) is 4.90 Å². The predicted octanol–water partition coefficient (Wildman–Crippen LogP) is 3.26. The molecule has 4 rings (SSSR count). The smallest absolute Gasteiger partial charge is 0.325 e. The highest BCUT2D eigenvalue weighted by atomic mass is 16.2. The summed E-state index contributed by atoms with van der Waals surface area (Å²) in [4.78, 5) is 29.6. The maximum absolute atomic E-state index is 12.7. The molecule has 1 unspecified atom stereocenters. The van der Waals surface area contributed by atoms with E-state index >= 15 is 0 Å². The fraction of sp³-hybridized carbons (Fsp3) is 0.238. The van der Waals surface area contributed by atoms with E-state index < -0.39 is 6.04 Å². The minimum atomic E-state index is -0.506. The number of benzene rings is 2. The topological polar surface area (TPSA) is 77.2 Å². The highest BCUT2D eigenvalue weighted by Crippen LogP contribution is 2.25. The Bertz CT molecular complexity index is 980. The number of carbonyl (C=O) groups is 2. The summed E-state index contributed by atoms with van der Waals surface area (Å²) in [6.45, 7) is 3.14. The number of urea groups is 1. The first-order valence-corrected chi connectivity index (χ1v) is 9.15. The molecule has 2 aromatic carbocycles. The number of aromatic nitrogens is 1. The van der Waals surface area contributed by atoms with Crippen LogP contribution in [0.15, 0.2) is 54.7 Å². The van der Waals surface area contributed by atoms with Crippen LogP contribution < -0.4 is 10.6 Å². The summed E-state index contributed by atoms with van der Waals surface area (Å²) in [5.74, 6) is -0.176. The van der Waals surface area contributed by atoms with E-state index in [9.17, 15) is 9.59 Å². The fourth-order valence-electron chi connectivity index (χ4n) is 3.50. The van der Waals surface area contributed by atoms with Crippen molar-refractivity contribution < 1.29 is 9.59 Å². The molecule has 1 saturated heterocycles. The van der Waals surface area contributed by atoms with Gasteiger partial charge in [-0.15, -0.1) is 0 Å². The standard InChI is InChI=1S/C21H22N4O2/c1-2-22-19-12-23-17-9-8-15(10-16(17)19)13-25-20(26)18(24-21(25)27)11-14-6-4-3-5-7-14/h3-10,12,18,22-23H,2,11,13H2,1H3,(H,24,27). The van der Waals surface area contributed by atoms with Crippen LogP contribution in [-0.2, 0) is 17.8 Å². The van der Waals surface area contributed by atoms with Gasteiger partial charge in [-0.05, 0) is 30.2 Å². The molecule has 1 aliphatic heterocycles. The monoisotopic (exact) mass is 362 g/mol. The van der Waals surface area contributed by atoms with E-state index in [2.05, 4.69) is 15.6 Å². The molecule has 3 aromatic rings. The molecule has 0 bridgehead atoms. The van der Waals surface area contributed by atoms with Crippen LogP contribution in [0.1, 0.15) is 18.1 Å². The Morgan fingerprint density at radius 3 is 2.67 bits per heavy atom. The van der Waals surface area contributed by atoms with Crippen LogP contribution in [0.2, 0.25) is 0 Å². The lowest BCUT2D eigenvalue weighted by molar-refractivity contribution is -0.127. The number of aromatic amines is 1. The molecule has 1 aromatic heterocycles. The van der Waals surface area contributed by atoms with E-state index in [1.807, 2.05) is 61.7 Å². The second kappa shape index (κ2) is 7.15. The van der Waals surface area contributed by atoms with Gasteiger partial charge in [0.1, 0.15) is 6.04 Å². The molecule has 0 aliphatic carbocycles. The molecule has 6 heteroatoms. The summed E-state index contributed by atoms with van der Waals surface area (Å²) >= 11 is 0. The average molecular weight is 362 g/mol. The Kier molecular flexibility index (Phi) is 4.54. The molecule has 1 atom stereocenters. The van der Waals surface area contributed by atoms with Gasteiger partial charge in [-0.2, -0.15) is 0 Å². The minimum Gasteiger partial charge on any atom is -0.384 e. The van der Waals surface area contributed by atoms with E-state index in [0.29, 0.717) is 6.42 Å². The molecule has 1 aliphatic rings. The fourth-order valence-corrected chi connectivity index (χ4v) is 3.50. The van der Waals surface area contributed by atoms with Gasteiger partial charge in [-0.3, -0.25) is 9.69 Å². The lowest BCUT2D eigenvalue weighted by atomic mass is 10.1. The first-order chi connectivity index (χ1) is 13.2. The Labute approximate surface area is 157 Å². The van der Waals surface area contributed by atoms with E-state index in [-0.39, 0.29) is 18.5 Å². The van der Waals surface area contributed by atoms with Crippen LogP contribution in [0.5, 0.6) is 0 Å². The van der Waals surface area contributed by atoms with E-state index in [0.717, 1.165) is 34.3 Å². The highest BCUT2D eigenvalue weighted by molar-refractivity contribution is 6.04. The van der Waals surface area contributed by atoms with Crippen LogP contribution in [0.3, 0.4) is 0 Å². The lowest BCUT2D eigenvalue weighted by Crippen LogP contribution is -2.32. The first kappa shape index (κ1) is 17.1. The quantitative estimate of drug-likeness (QED) is 0.589. The number of imide groups is 1. The third kappa shape index (κ3) is 3.38. The Hall–Kier alpha value is -3.28. The number of rotatable bonds is 6. The Balaban J connectivity index is 1.52. The van der Waals surface area contributed by atoms with Gasteiger partial charge in [0.15, 0.2) is 0 Å². The van der Waals surface area contributed by atoms with Crippen molar-refractivity contribution in [2.45, 2.75) is 25.9 Å². The summed E-state index contributed by atoms with van der Waals surface area (Å²) in [5, 5.41) is 7.18. The summed E-state index contributed by atoms with van der Waals surface area (Å²) in [7, 11) is 0. The zero-order chi connectivity index (χ0) is 18.8. The molecular weight excluding hydrogens is 340 g/mol. The van der Waals surface area contributed by atoms with Crippen molar-refractivity contribution >= 4 is 28.5 Å². The van der Waals surface area contributed by atoms with Crippen LogP contribution in [0.4, 0.5) is 10.5 Å². The molecule has 3 N–H and O–H groups in total. The van der Waals surface area contributed by atoms with Crippen molar-refractivity contribution in [3.8, 4) is 0 Å². The second-order valence-corrected chi connectivity index (χ2v) is 6.73. The number of carbonyl (C=O) groups excluding carboxylic acids is 2. The third-order valence-electron chi connectivity index (χ3n) is 4.84. The zero-order valence-electron chi connectivity index (χ0n) is 15.2. The SMILES string of the molecule is CCNc1c[nH]c2ccc(CN3C(=O)NC(Cc4ccccc4)C3=O)cc12. The molecular formula is C21H22N4O2. The maximum atomic E-state index is 12.7. The number of amides is 3. The molecule has 0 radical (unpaired) electrons. The molecule has 3 amide bonds. The van der Waals surface area contributed by atoms with Crippen molar-refractivity contribution in [3.05, 3.63) is 65.9 Å². The van der Waals surface area contributed by atoms with Gasteiger partial charge in [0.2, 0.25) is 0 Å². The lowest BCUT2D eigenvalue weighted by Gasteiger charge is -2.13. The molecule has 27 heavy (non-hydrogen) atoms. The van der Waals surface area contributed by atoms with Crippen molar-refractivity contribution in [2.75, 3.05) is 11.9 Å². The van der Waals surface area contributed by atoms with Crippen LogP contribution in [-0.4, -0.2) is 34.4 Å². The van der Waals surface area contributed by atoms with Gasteiger partial charge in [-0.25, -0.2) is 4.79 Å². The minimum absolute atomic E-state index is 0.176. The highest BCUT2D eigenvalue weighted by Gasteiger charge is 2.37. The van der Waals surface area contributed by atoms with Crippen LogP contribution >= 0.6 is 0 Å². The summed E-state index contributed by atoms with van der Waals surface area (Å²) in [6, 6.07) is 14.8. The normalized spacial score (nSPS) is 16.8. The molecule has 2 heterocycles. The number of hydrogen-bond donors (Lipinski definition) is 3. The first-order valence-electron chi connectivity index (χ1n) is 9.15. The molecule has 6 nitrogen and oxygen atoms in total. The molecule has 0 spiro atoms. The average Bonchev–Trinajstić information content (AvgIpc) is 3.19. The molecule has 0 saturated carbocycles. The number of nitrogens with zero attached hydrogens (tertiary/aromatic N) is 1. The van der Waals surface area contributed by atoms with Gasteiger partial charge in [0.25, 0.3) is 5.91 Å². The van der Waals surface area contributed by atoms with Gasteiger partial charge < -0.3 is 15.6 Å². The number of fused-ring (bicyclic) bond motifs is 1. The maximum Gasteiger partial charge on any atom is 0.325 e. The second-order valence-electron chi connectivity index (χ2n) is 6.73. The predicted molar refractivity (Wildman–Crippen MR) is 105 cm³/mol. The summed E-state index contributed by atoms with van der Waals surface area (Å²) < 4.78 is 0. The van der Waals surface area contributed by atoms with Crippen LogP contribution in [0.25, 0.3) is 10.9 Å².